The minimum Gasteiger partial charge on any atom is -0.488 e. The molecule has 1 aliphatic heterocycles. The third-order valence-electron chi connectivity index (χ3n) is 4.68. The van der Waals surface area contributed by atoms with Crippen molar-refractivity contribution in [3.8, 4) is 5.75 Å². The zero-order chi connectivity index (χ0) is 21.1. The van der Waals surface area contributed by atoms with Crippen LogP contribution in [-0.4, -0.2) is 11.6 Å². The molecule has 3 aromatic rings. The minimum atomic E-state index is -0.171. The molecule has 0 bridgehead atoms. The first-order valence-corrected chi connectivity index (χ1v) is 10.5. The summed E-state index contributed by atoms with van der Waals surface area (Å²) in [6.45, 7) is 2.16. The fraction of sp³-hybridized carbons (Fsp3) is 0.0833. The van der Waals surface area contributed by atoms with E-state index in [9.17, 15) is 4.79 Å². The summed E-state index contributed by atoms with van der Waals surface area (Å²) in [7, 11) is 0. The number of benzene rings is 3. The lowest BCUT2D eigenvalue weighted by Crippen LogP contribution is -2.21. The largest absolute Gasteiger partial charge is 0.488 e. The molecule has 1 amide bonds. The molecule has 0 spiro atoms. The highest BCUT2D eigenvalue weighted by atomic mass is 79.9. The number of rotatable bonds is 5. The lowest BCUT2D eigenvalue weighted by atomic mass is 10.1. The van der Waals surface area contributed by atoms with Gasteiger partial charge in [-0.25, -0.2) is 0 Å². The Bertz CT molecular complexity index is 1160. The van der Waals surface area contributed by atoms with E-state index in [0.29, 0.717) is 28.7 Å². The Kier molecular flexibility index (Phi) is 6.02. The molecule has 0 aromatic heterocycles. The number of carbonyl (C=O) groups is 1. The quantitative estimate of drug-likeness (QED) is 0.391. The van der Waals surface area contributed by atoms with Gasteiger partial charge in [0, 0.05) is 20.6 Å². The molecule has 3 aromatic carbocycles. The van der Waals surface area contributed by atoms with Crippen molar-refractivity contribution in [2.24, 2.45) is 5.10 Å². The summed E-state index contributed by atoms with van der Waals surface area (Å²) in [5, 5.41) is 6.51. The number of hydrogen-bond donors (Lipinski definition) is 0. The maximum Gasteiger partial charge on any atom is 0.280 e. The van der Waals surface area contributed by atoms with Crippen LogP contribution in [0.2, 0.25) is 5.02 Å². The summed E-state index contributed by atoms with van der Waals surface area (Å²) in [6.07, 6.45) is 1.82. The summed E-state index contributed by atoms with van der Waals surface area (Å²) in [5.41, 5.74) is 3.59. The highest BCUT2D eigenvalue weighted by Crippen LogP contribution is 2.30. The van der Waals surface area contributed by atoms with Crippen molar-refractivity contribution in [1.29, 1.82) is 0 Å². The van der Waals surface area contributed by atoms with Gasteiger partial charge in [0.2, 0.25) is 0 Å². The van der Waals surface area contributed by atoms with E-state index < -0.39 is 0 Å². The molecule has 4 rings (SSSR count). The summed E-state index contributed by atoms with van der Waals surface area (Å²) in [5.74, 6) is 0.486. The van der Waals surface area contributed by atoms with Crippen LogP contribution in [0.15, 0.2) is 87.9 Å². The van der Waals surface area contributed by atoms with Crippen molar-refractivity contribution in [2.75, 3.05) is 5.01 Å². The van der Waals surface area contributed by atoms with Crippen molar-refractivity contribution in [3.63, 3.8) is 0 Å². The molecular formula is C24H18BrClN2O2. The van der Waals surface area contributed by atoms with Gasteiger partial charge in [0.25, 0.3) is 5.91 Å². The van der Waals surface area contributed by atoms with Crippen molar-refractivity contribution in [1.82, 2.24) is 0 Å². The Balaban J connectivity index is 1.63. The van der Waals surface area contributed by atoms with E-state index in [2.05, 4.69) is 21.0 Å². The van der Waals surface area contributed by atoms with E-state index in [1.54, 1.807) is 0 Å². The van der Waals surface area contributed by atoms with Gasteiger partial charge in [-0.15, -0.1) is 0 Å². The Morgan fingerprint density at radius 2 is 1.80 bits per heavy atom. The number of halogens is 2. The SMILES string of the molecule is CC1=NN(c2ccccc2)C(=O)C1=Cc1cc(Br)ccc1OCc1ccccc1Cl. The van der Waals surface area contributed by atoms with Crippen LogP contribution in [0.5, 0.6) is 5.75 Å². The number of ether oxygens (including phenoxy) is 1. The van der Waals surface area contributed by atoms with E-state index in [-0.39, 0.29) is 5.91 Å². The molecule has 6 heteroatoms. The third kappa shape index (κ3) is 4.32. The van der Waals surface area contributed by atoms with E-state index in [1.807, 2.05) is 85.8 Å². The molecule has 0 saturated heterocycles. The number of amides is 1. The number of para-hydroxylation sites is 1. The summed E-state index contributed by atoms with van der Waals surface area (Å²) >= 11 is 9.74. The van der Waals surface area contributed by atoms with Gasteiger partial charge in [-0.2, -0.15) is 10.1 Å². The van der Waals surface area contributed by atoms with Crippen molar-refractivity contribution in [2.45, 2.75) is 13.5 Å². The molecule has 30 heavy (non-hydrogen) atoms. The lowest BCUT2D eigenvalue weighted by Gasteiger charge is -2.12. The van der Waals surface area contributed by atoms with Crippen LogP contribution in [0.4, 0.5) is 5.69 Å². The monoisotopic (exact) mass is 480 g/mol. The second-order valence-electron chi connectivity index (χ2n) is 6.76. The van der Waals surface area contributed by atoms with Gasteiger partial charge in [-0.1, -0.05) is 63.9 Å². The second kappa shape index (κ2) is 8.86. The standard InChI is InChI=1S/C24H18BrClN2O2/c1-16-21(24(29)28(27-16)20-8-3-2-4-9-20)14-18-13-19(25)11-12-23(18)30-15-17-7-5-6-10-22(17)26/h2-14H,15H2,1H3. The van der Waals surface area contributed by atoms with Crippen molar-refractivity contribution < 1.29 is 9.53 Å². The van der Waals surface area contributed by atoms with Crippen molar-refractivity contribution in [3.05, 3.63) is 99.0 Å². The topological polar surface area (TPSA) is 41.9 Å². The van der Waals surface area contributed by atoms with Gasteiger partial charge in [-0.3, -0.25) is 4.79 Å². The zero-order valence-corrected chi connectivity index (χ0v) is 18.5. The predicted molar refractivity (Wildman–Crippen MR) is 125 cm³/mol. The molecule has 0 unspecified atom stereocenters. The minimum absolute atomic E-state index is 0.171. The fourth-order valence-corrected chi connectivity index (χ4v) is 3.69. The molecule has 1 aliphatic rings. The Hall–Kier alpha value is -2.89. The third-order valence-corrected chi connectivity index (χ3v) is 5.54. The summed E-state index contributed by atoms with van der Waals surface area (Å²) < 4.78 is 6.92. The molecule has 0 fully saturated rings. The van der Waals surface area contributed by atoms with Gasteiger partial charge in [0.1, 0.15) is 12.4 Å². The molecule has 4 nitrogen and oxygen atoms in total. The molecule has 0 N–H and O–H groups in total. The van der Waals surface area contributed by atoms with Crippen molar-refractivity contribution >= 4 is 50.9 Å². The molecule has 0 aliphatic carbocycles. The second-order valence-corrected chi connectivity index (χ2v) is 8.08. The van der Waals surface area contributed by atoms with Crippen LogP contribution in [0.25, 0.3) is 6.08 Å². The first-order valence-electron chi connectivity index (χ1n) is 9.35. The average molecular weight is 482 g/mol. The highest BCUT2D eigenvalue weighted by Gasteiger charge is 2.28. The maximum atomic E-state index is 13.0. The smallest absolute Gasteiger partial charge is 0.280 e. The van der Waals surface area contributed by atoms with E-state index in [1.165, 1.54) is 5.01 Å². The van der Waals surface area contributed by atoms with Crippen LogP contribution in [0.1, 0.15) is 18.1 Å². The first-order chi connectivity index (χ1) is 14.5. The number of hydrogen-bond acceptors (Lipinski definition) is 3. The summed E-state index contributed by atoms with van der Waals surface area (Å²) in [6, 6.07) is 22.6. The molecule has 0 atom stereocenters. The van der Waals surface area contributed by atoms with Gasteiger partial charge in [-0.05, 0) is 49.4 Å². The fourth-order valence-electron chi connectivity index (χ4n) is 3.12. The highest BCUT2D eigenvalue weighted by molar-refractivity contribution is 9.10. The predicted octanol–water partition coefficient (Wildman–Crippen LogP) is 6.49. The maximum absolute atomic E-state index is 13.0. The van der Waals surface area contributed by atoms with Gasteiger partial charge < -0.3 is 4.74 Å². The molecule has 0 saturated carbocycles. The Morgan fingerprint density at radius 3 is 2.57 bits per heavy atom. The number of nitrogens with zero attached hydrogens (tertiary/aromatic N) is 2. The van der Waals surface area contributed by atoms with E-state index in [0.717, 1.165) is 21.3 Å². The summed E-state index contributed by atoms with van der Waals surface area (Å²) in [4.78, 5) is 13.0. The van der Waals surface area contributed by atoms with Crippen LogP contribution < -0.4 is 9.75 Å². The van der Waals surface area contributed by atoms with E-state index >= 15 is 0 Å². The van der Waals surface area contributed by atoms with Gasteiger partial charge in [0.05, 0.1) is 17.0 Å². The molecule has 0 radical (unpaired) electrons. The van der Waals surface area contributed by atoms with Gasteiger partial charge in [0.15, 0.2) is 0 Å². The number of carbonyl (C=O) groups excluding carboxylic acids is 1. The number of anilines is 1. The Labute approximate surface area is 188 Å². The number of hydrazone groups is 1. The molecule has 1 heterocycles. The Morgan fingerprint density at radius 1 is 1.07 bits per heavy atom. The van der Waals surface area contributed by atoms with Gasteiger partial charge >= 0.3 is 0 Å². The van der Waals surface area contributed by atoms with Crippen LogP contribution in [0, 0.1) is 0 Å². The molecular weight excluding hydrogens is 464 g/mol. The lowest BCUT2D eigenvalue weighted by molar-refractivity contribution is -0.114. The molecule has 150 valence electrons. The van der Waals surface area contributed by atoms with Crippen LogP contribution >= 0.6 is 27.5 Å². The average Bonchev–Trinajstić information content (AvgIpc) is 3.03. The van der Waals surface area contributed by atoms with E-state index in [4.69, 9.17) is 16.3 Å². The zero-order valence-electron chi connectivity index (χ0n) is 16.2. The normalized spacial score (nSPS) is 14.9. The van der Waals surface area contributed by atoms with Crippen LogP contribution in [0.3, 0.4) is 0 Å². The van der Waals surface area contributed by atoms with Crippen LogP contribution in [-0.2, 0) is 11.4 Å². The first kappa shape index (κ1) is 20.4.